The van der Waals surface area contributed by atoms with Crippen LogP contribution in [0, 0.1) is 5.92 Å². The maximum Gasteiger partial charge on any atom is 0.250 e. The molecule has 0 unspecified atom stereocenters. The van der Waals surface area contributed by atoms with Crippen molar-refractivity contribution in [1.82, 2.24) is 4.72 Å². The SMILES string of the molecule is CC=CC[C@H](O)[C@@H](NS(=O)(=O)c1ccc(Cl)s1)[C@H](C)CC. The van der Waals surface area contributed by atoms with Crippen LogP contribution in [0.15, 0.2) is 28.5 Å². The largest absolute Gasteiger partial charge is 0.391 e. The minimum atomic E-state index is -3.66. The number of hydrogen-bond acceptors (Lipinski definition) is 4. The van der Waals surface area contributed by atoms with Gasteiger partial charge in [-0.1, -0.05) is 44.0 Å². The van der Waals surface area contributed by atoms with E-state index in [1.54, 1.807) is 6.07 Å². The average molecular weight is 352 g/mol. The number of hydrogen-bond donors (Lipinski definition) is 2. The van der Waals surface area contributed by atoms with Gasteiger partial charge in [-0.2, -0.15) is 0 Å². The van der Waals surface area contributed by atoms with E-state index in [4.69, 9.17) is 11.6 Å². The number of halogens is 1. The van der Waals surface area contributed by atoms with Crippen LogP contribution >= 0.6 is 22.9 Å². The molecule has 4 nitrogen and oxygen atoms in total. The molecule has 0 saturated heterocycles. The molecule has 0 spiro atoms. The molecule has 1 heterocycles. The van der Waals surface area contributed by atoms with E-state index in [-0.39, 0.29) is 10.1 Å². The van der Waals surface area contributed by atoms with Crippen molar-refractivity contribution in [3.05, 3.63) is 28.6 Å². The summed E-state index contributed by atoms with van der Waals surface area (Å²) in [5.41, 5.74) is 0. The molecule has 21 heavy (non-hydrogen) atoms. The minimum absolute atomic E-state index is 0.0236. The molecule has 0 aliphatic rings. The van der Waals surface area contributed by atoms with E-state index in [0.717, 1.165) is 17.8 Å². The number of sulfonamides is 1. The lowest BCUT2D eigenvalue weighted by atomic mass is 9.93. The van der Waals surface area contributed by atoms with Gasteiger partial charge < -0.3 is 5.11 Å². The van der Waals surface area contributed by atoms with Gasteiger partial charge in [-0.15, -0.1) is 11.3 Å². The maximum atomic E-state index is 12.4. The Morgan fingerprint density at radius 3 is 2.62 bits per heavy atom. The van der Waals surface area contributed by atoms with Gasteiger partial charge in [0.1, 0.15) is 4.21 Å². The van der Waals surface area contributed by atoms with Crippen LogP contribution in [0.25, 0.3) is 0 Å². The van der Waals surface area contributed by atoms with E-state index in [0.29, 0.717) is 10.8 Å². The van der Waals surface area contributed by atoms with Crippen molar-refractivity contribution in [2.24, 2.45) is 5.92 Å². The van der Waals surface area contributed by atoms with Crippen molar-refractivity contribution >= 4 is 33.0 Å². The summed E-state index contributed by atoms with van der Waals surface area (Å²) < 4.78 is 27.9. The molecule has 1 rings (SSSR count). The second kappa shape index (κ2) is 8.29. The molecule has 2 N–H and O–H groups in total. The molecule has 0 aromatic carbocycles. The van der Waals surface area contributed by atoms with Crippen molar-refractivity contribution in [3.8, 4) is 0 Å². The number of allylic oxidation sites excluding steroid dienone is 1. The molecule has 0 aliphatic carbocycles. The van der Waals surface area contributed by atoms with Gasteiger partial charge in [0.25, 0.3) is 0 Å². The fourth-order valence-electron chi connectivity index (χ4n) is 1.93. The molecule has 120 valence electrons. The summed E-state index contributed by atoms with van der Waals surface area (Å²) in [5.74, 6) is 0.0236. The van der Waals surface area contributed by atoms with E-state index >= 15 is 0 Å². The van der Waals surface area contributed by atoms with Crippen LogP contribution < -0.4 is 4.72 Å². The zero-order valence-electron chi connectivity index (χ0n) is 12.4. The van der Waals surface area contributed by atoms with Gasteiger partial charge in [0.05, 0.1) is 16.5 Å². The van der Waals surface area contributed by atoms with E-state index in [9.17, 15) is 13.5 Å². The molecule has 0 fully saturated rings. The lowest BCUT2D eigenvalue weighted by molar-refractivity contribution is 0.114. The summed E-state index contributed by atoms with van der Waals surface area (Å²) in [6.45, 7) is 5.76. The van der Waals surface area contributed by atoms with Crippen molar-refractivity contribution in [2.75, 3.05) is 0 Å². The molecule has 0 radical (unpaired) electrons. The molecule has 0 bridgehead atoms. The number of thiophene rings is 1. The predicted octanol–water partition coefficient (Wildman–Crippen LogP) is 3.42. The highest BCUT2D eigenvalue weighted by Crippen LogP contribution is 2.26. The monoisotopic (exact) mass is 351 g/mol. The first-order valence-electron chi connectivity index (χ1n) is 6.88. The van der Waals surface area contributed by atoms with E-state index in [1.807, 2.05) is 32.9 Å². The second-order valence-electron chi connectivity index (χ2n) is 4.96. The molecular weight excluding hydrogens is 330 g/mol. The van der Waals surface area contributed by atoms with Crippen LogP contribution in [-0.4, -0.2) is 25.7 Å². The zero-order chi connectivity index (χ0) is 16.0. The van der Waals surface area contributed by atoms with Gasteiger partial charge in [-0.05, 0) is 31.4 Å². The van der Waals surface area contributed by atoms with Crippen molar-refractivity contribution in [3.63, 3.8) is 0 Å². The van der Waals surface area contributed by atoms with Gasteiger partial charge in [-0.25, -0.2) is 13.1 Å². The first kappa shape index (κ1) is 18.6. The smallest absolute Gasteiger partial charge is 0.250 e. The molecule has 3 atom stereocenters. The summed E-state index contributed by atoms with van der Waals surface area (Å²) in [7, 11) is -3.66. The summed E-state index contributed by atoms with van der Waals surface area (Å²) >= 11 is 6.80. The Morgan fingerprint density at radius 1 is 1.48 bits per heavy atom. The van der Waals surface area contributed by atoms with Crippen LogP contribution in [0.1, 0.15) is 33.6 Å². The Balaban J connectivity index is 2.95. The summed E-state index contributed by atoms with van der Waals surface area (Å²) in [6, 6.07) is 2.49. The molecule has 1 aromatic heterocycles. The van der Waals surface area contributed by atoms with Crippen molar-refractivity contribution in [2.45, 2.75) is 50.0 Å². The first-order chi connectivity index (χ1) is 9.81. The minimum Gasteiger partial charge on any atom is -0.391 e. The molecule has 1 aromatic rings. The molecular formula is C14H22ClNO3S2. The van der Waals surface area contributed by atoms with E-state index in [1.165, 1.54) is 6.07 Å². The molecule has 7 heteroatoms. The highest BCUT2D eigenvalue weighted by atomic mass is 35.5. The highest BCUT2D eigenvalue weighted by Gasteiger charge is 2.29. The fraction of sp³-hybridized carbons (Fsp3) is 0.571. The van der Waals surface area contributed by atoms with Crippen LogP contribution in [0.3, 0.4) is 0 Å². The summed E-state index contributed by atoms with van der Waals surface area (Å²) in [4.78, 5) is 0. The maximum absolute atomic E-state index is 12.4. The third-order valence-corrected chi connectivity index (χ3v) is 6.57. The van der Waals surface area contributed by atoms with Crippen LogP contribution in [-0.2, 0) is 10.0 Å². The molecule has 0 amide bonds. The fourth-order valence-corrected chi connectivity index (χ4v) is 4.81. The Labute approximate surface area is 135 Å². The van der Waals surface area contributed by atoms with Crippen LogP contribution in [0.4, 0.5) is 0 Å². The standard InChI is InChI=1S/C14H22ClNO3S2/c1-4-6-7-11(17)14(10(3)5-2)16-21(18,19)13-9-8-12(15)20-13/h4,6,8-11,14,16-17H,5,7H2,1-3H3/t10-,11+,14+/m1/s1. The quantitative estimate of drug-likeness (QED) is 0.705. The molecule has 0 saturated carbocycles. The number of aliphatic hydroxyl groups excluding tert-OH is 1. The Bertz CT molecular complexity index is 569. The van der Waals surface area contributed by atoms with Crippen molar-refractivity contribution in [1.29, 1.82) is 0 Å². The van der Waals surface area contributed by atoms with Crippen LogP contribution in [0.5, 0.6) is 0 Å². The normalized spacial score (nSPS) is 17.0. The zero-order valence-corrected chi connectivity index (χ0v) is 14.8. The number of rotatable bonds is 8. The van der Waals surface area contributed by atoms with Gasteiger partial charge in [-0.3, -0.25) is 0 Å². The van der Waals surface area contributed by atoms with E-state index < -0.39 is 22.2 Å². The lowest BCUT2D eigenvalue weighted by Crippen LogP contribution is -2.47. The van der Waals surface area contributed by atoms with Gasteiger partial charge >= 0.3 is 0 Å². The number of nitrogens with one attached hydrogen (secondary N) is 1. The first-order valence-corrected chi connectivity index (χ1v) is 9.56. The number of aliphatic hydroxyl groups is 1. The van der Waals surface area contributed by atoms with Gasteiger partial charge in [0.15, 0.2) is 0 Å². The Morgan fingerprint density at radius 2 is 2.14 bits per heavy atom. The third-order valence-electron chi connectivity index (χ3n) is 3.39. The average Bonchev–Trinajstić information content (AvgIpc) is 2.88. The lowest BCUT2D eigenvalue weighted by Gasteiger charge is -2.28. The molecule has 0 aliphatic heterocycles. The third kappa shape index (κ3) is 5.38. The van der Waals surface area contributed by atoms with Gasteiger partial charge in [0, 0.05) is 0 Å². The topological polar surface area (TPSA) is 66.4 Å². The second-order valence-corrected chi connectivity index (χ2v) is 8.62. The summed E-state index contributed by atoms with van der Waals surface area (Å²) in [5, 5.41) is 10.3. The van der Waals surface area contributed by atoms with Crippen LogP contribution in [0.2, 0.25) is 4.34 Å². The Hall–Kier alpha value is -0.400. The van der Waals surface area contributed by atoms with Gasteiger partial charge in [0.2, 0.25) is 10.0 Å². The van der Waals surface area contributed by atoms with E-state index in [2.05, 4.69) is 4.72 Å². The summed E-state index contributed by atoms with van der Waals surface area (Å²) in [6.07, 6.45) is 4.09. The Kier molecular flexibility index (Phi) is 7.36. The highest BCUT2D eigenvalue weighted by molar-refractivity contribution is 7.91. The predicted molar refractivity (Wildman–Crippen MR) is 88.3 cm³/mol. The van der Waals surface area contributed by atoms with Crippen molar-refractivity contribution < 1.29 is 13.5 Å².